The standard InChI is InChI=1S/C16H23ClN2O/c1-3-16(9-4-10-18-11-16)15(20)19-12(2)13-5-7-14(17)8-6-13/h5-8,12,18H,3-4,9-11H2,1-2H3,(H,19,20)/t12-,16?/m1/s1. The van der Waals surface area contributed by atoms with Crippen molar-refractivity contribution in [2.24, 2.45) is 5.41 Å². The lowest BCUT2D eigenvalue weighted by Crippen LogP contribution is -2.50. The topological polar surface area (TPSA) is 41.1 Å². The van der Waals surface area contributed by atoms with Gasteiger partial charge in [0.05, 0.1) is 11.5 Å². The Morgan fingerprint density at radius 1 is 1.45 bits per heavy atom. The Kier molecular flexibility index (Phi) is 5.06. The van der Waals surface area contributed by atoms with Crippen LogP contribution in [0.4, 0.5) is 0 Å². The second kappa shape index (κ2) is 6.59. The van der Waals surface area contributed by atoms with Gasteiger partial charge in [-0.25, -0.2) is 0 Å². The molecule has 1 amide bonds. The highest BCUT2D eigenvalue weighted by Gasteiger charge is 2.38. The molecule has 1 unspecified atom stereocenters. The maximum Gasteiger partial charge on any atom is 0.227 e. The summed E-state index contributed by atoms with van der Waals surface area (Å²) >= 11 is 5.89. The Morgan fingerprint density at radius 2 is 2.15 bits per heavy atom. The fourth-order valence-electron chi connectivity index (χ4n) is 2.81. The predicted octanol–water partition coefficient (Wildman–Crippen LogP) is 3.30. The Balaban J connectivity index is 2.04. The molecule has 110 valence electrons. The zero-order valence-electron chi connectivity index (χ0n) is 12.2. The summed E-state index contributed by atoms with van der Waals surface area (Å²) < 4.78 is 0. The monoisotopic (exact) mass is 294 g/mol. The second-order valence-electron chi connectivity index (χ2n) is 5.66. The zero-order chi connectivity index (χ0) is 14.6. The molecule has 0 aromatic heterocycles. The van der Waals surface area contributed by atoms with Crippen LogP contribution < -0.4 is 10.6 Å². The summed E-state index contributed by atoms with van der Waals surface area (Å²) in [6.45, 7) is 5.91. The second-order valence-corrected chi connectivity index (χ2v) is 6.10. The van der Waals surface area contributed by atoms with Crippen LogP contribution in [0.25, 0.3) is 0 Å². The van der Waals surface area contributed by atoms with Crippen LogP contribution in [-0.2, 0) is 4.79 Å². The average Bonchev–Trinajstić information content (AvgIpc) is 2.48. The van der Waals surface area contributed by atoms with Crippen LogP contribution in [0, 0.1) is 5.41 Å². The average molecular weight is 295 g/mol. The number of piperidine rings is 1. The normalized spacial score (nSPS) is 24.1. The first-order valence-electron chi connectivity index (χ1n) is 7.34. The lowest BCUT2D eigenvalue weighted by Gasteiger charge is -2.36. The number of halogens is 1. The minimum Gasteiger partial charge on any atom is -0.349 e. The molecule has 1 aliphatic rings. The summed E-state index contributed by atoms with van der Waals surface area (Å²) in [7, 11) is 0. The minimum absolute atomic E-state index is 0.00474. The first-order chi connectivity index (χ1) is 9.57. The van der Waals surface area contributed by atoms with Gasteiger partial charge < -0.3 is 10.6 Å². The largest absolute Gasteiger partial charge is 0.349 e. The van der Waals surface area contributed by atoms with Crippen molar-refractivity contribution in [3.8, 4) is 0 Å². The first kappa shape index (κ1) is 15.3. The molecule has 0 bridgehead atoms. The van der Waals surface area contributed by atoms with E-state index in [1.165, 1.54) is 0 Å². The van der Waals surface area contributed by atoms with E-state index in [-0.39, 0.29) is 17.4 Å². The van der Waals surface area contributed by atoms with Gasteiger partial charge in [0.25, 0.3) is 0 Å². The van der Waals surface area contributed by atoms with Gasteiger partial charge in [-0.3, -0.25) is 4.79 Å². The zero-order valence-corrected chi connectivity index (χ0v) is 13.0. The van der Waals surface area contributed by atoms with Crippen molar-refractivity contribution >= 4 is 17.5 Å². The summed E-state index contributed by atoms with van der Waals surface area (Å²) in [5, 5.41) is 7.22. The van der Waals surface area contributed by atoms with Crippen LogP contribution in [-0.4, -0.2) is 19.0 Å². The molecule has 0 radical (unpaired) electrons. The van der Waals surface area contributed by atoms with Gasteiger partial charge in [0, 0.05) is 11.6 Å². The fraction of sp³-hybridized carbons (Fsp3) is 0.562. The Morgan fingerprint density at radius 3 is 2.70 bits per heavy atom. The van der Waals surface area contributed by atoms with Gasteiger partial charge in [-0.05, 0) is 50.4 Å². The third-order valence-corrected chi connectivity index (χ3v) is 4.60. The molecule has 0 aliphatic carbocycles. The molecule has 3 nitrogen and oxygen atoms in total. The van der Waals surface area contributed by atoms with Crippen LogP contribution in [0.15, 0.2) is 24.3 Å². The number of hydrogen-bond donors (Lipinski definition) is 2. The smallest absolute Gasteiger partial charge is 0.227 e. The van der Waals surface area contributed by atoms with Crippen molar-refractivity contribution in [3.63, 3.8) is 0 Å². The van der Waals surface area contributed by atoms with E-state index < -0.39 is 0 Å². The summed E-state index contributed by atoms with van der Waals surface area (Å²) in [5.74, 6) is 0.162. The summed E-state index contributed by atoms with van der Waals surface area (Å²) in [6, 6.07) is 7.65. The number of nitrogens with one attached hydrogen (secondary N) is 2. The van der Waals surface area contributed by atoms with Crippen molar-refractivity contribution in [1.82, 2.24) is 10.6 Å². The SMILES string of the molecule is CCC1(C(=O)N[C@H](C)c2ccc(Cl)cc2)CCCNC1. The highest BCUT2D eigenvalue weighted by Crippen LogP contribution is 2.31. The van der Waals surface area contributed by atoms with Gasteiger partial charge in [0.2, 0.25) is 5.91 Å². The van der Waals surface area contributed by atoms with Crippen molar-refractivity contribution in [3.05, 3.63) is 34.9 Å². The Hall–Kier alpha value is -1.06. The van der Waals surface area contributed by atoms with Crippen molar-refractivity contribution < 1.29 is 4.79 Å². The number of amides is 1. The highest BCUT2D eigenvalue weighted by molar-refractivity contribution is 6.30. The van der Waals surface area contributed by atoms with Crippen LogP contribution in [0.3, 0.4) is 0 Å². The summed E-state index contributed by atoms with van der Waals surface area (Å²) in [4.78, 5) is 12.6. The van der Waals surface area contributed by atoms with Crippen LogP contribution in [0.5, 0.6) is 0 Å². The van der Waals surface area contributed by atoms with E-state index in [1.54, 1.807) is 0 Å². The van der Waals surface area contributed by atoms with Crippen LogP contribution >= 0.6 is 11.6 Å². The third-order valence-electron chi connectivity index (χ3n) is 4.35. The first-order valence-corrected chi connectivity index (χ1v) is 7.72. The molecule has 4 heteroatoms. The number of benzene rings is 1. The van der Waals surface area contributed by atoms with Crippen LogP contribution in [0.1, 0.15) is 44.7 Å². The van der Waals surface area contributed by atoms with E-state index >= 15 is 0 Å². The number of carbonyl (C=O) groups is 1. The molecular weight excluding hydrogens is 272 g/mol. The minimum atomic E-state index is -0.251. The number of hydrogen-bond acceptors (Lipinski definition) is 2. The fourth-order valence-corrected chi connectivity index (χ4v) is 2.93. The number of carbonyl (C=O) groups excluding carboxylic acids is 1. The Labute approximate surface area is 126 Å². The molecular formula is C16H23ClN2O. The van der Waals surface area contributed by atoms with E-state index in [4.69, 9.17) is 11.6 Å². The maximum atomic E-state index is 12.6. The third kappa shape index (κ3) is 3.33. The molecule has 2 N–H and O–H groups in total. The predicted molar refractivity (Wildman–Crippen MR) is 82.8 cm³/mol. The van der Waals surface area contributed by atoms with E-state index in [0.29, 0.717) is 5.02 Å². The van der Waals surface area contributed by atoms with Gasteiger partial charge in [-0.1, -0.05) is 30.7 Å². The molecule has 1 aromatic carbocycles. The highest BCUT2D eigenvalue weighted by atomic mass is 35.5. The lowest BCUT2D eigenvalue weighted by molar-refractivity contribution is -0.133. The lowest BCUT2D eigenvalue weighted by atomic mass is 9.77. The van der Waals surface area contributed by atoms with E-state index in [0.717, 1.165) is 37.9 Å². The molecule has 2 rings (SSSR count). The van der Waals surface area contributed by atoms with Gasteiger partial charge in [0.15, 0.2) is 0 Å². The number of rotatable bonds is 4. The van der Waals surface area contributed by atoms with Gasteiger partial charge >= 0.3 is 0 Å². The molecule has 0 spiro atoms. The molecule has 2 atom stereocenters. The molecule has 1 aliphatic heterocycles. The van der Waals surface area contributed by atoms with E-state index in [9.17, 15) is 4.79 Å². The maximum absolute atomic E-state index is 12.6. The Bertz CT molecular complexity index is 452. The molecule has 1 aromatic rings. The van der Waals surface area contributed by atoms with Gasteiger partial charge in [-0.15, -0.1) is 0 Å². The van der Waals surface area contributed by atoms with E-state index in [1.807, 2.05) is 31.2 Å². The van der Waals surface area contributed by atoms with E-state index in [2.05, 4.69) is 17.6 Å². The van der Waals surface area contributed by atoms with Gasteiger partial charge in [-0.2, -0.15) is 0 Å². The molecule has 1 heterocycles. The molecule has 1 fully saturated rings. The molecule has 20 heavy (non-hydrogen) atoms. The van der Waals surface area contributed by atoms with Crippen molar-refractivity contribution in [2.75, 3.05) is 13.1 Å². The van der Waals surface area contributed by atoms with Crippen molar-refractivity contribution in [1.29, 1.82) is 0 Å². The van der Waals surface area contributed by atoms with Crippen LogP contribution in [0.2, 0.25) is 5.02 Å². The van der Waals surface area contributed by atoms with Gasteiger partial charge in [0.1, 0.15) is 0 Å². The van der Waals surface area contributed by atoms with Crippen molar-refractivity contribution in [2.45, 2.75) is 39.2 Å². The molecule has 0 saturated carbocycles. The molecule has 1 saturated heterocycles. The summed E-state index contributed by atoms with van der Waals surface area (Å²) in [6.07, 6.45) is 2.91. The summed E-state index contributed by atoms with van der Waals surface area (Å²) in [5.41, 5.74) is 0.830. The quantitative estimate of drug-likeness (QED) is 0.894.